The van der Waals surface area contributed by atoms with Gasteiger partial charge in [0.15, 0.2) is 0 Å². The highest BCUT2D eigenvalue weighted by Crippen LogP contribution is 2.27. The van der Waals surface area contributed by atoms with Crippen LogP contribution in [0.25, 0.3) is 0 Å². The van der Waals surface area contributed by atoms with Crippen LogP contribution in [0.1, 0.15) is 12.8 Å². The van der Waals surface area contributed by atoms with Gasteiger partial charge in [-0.25, -0.2) is 5.84 Å². The van der Waals surface area contributed by atoms with Crippen molar-refractivity contribution >= 4 is 29.3 Å². The zero-order valence-electron chi connectivity index (χ0n) is 8.20. The third kappa shape index (κ3) is 4.55. The molecule has 3 nitrogen and oxygen atoms in total. The molecule has 3 N–H and O–H groups in total. The standard InChI is InChI=1S/C10H13ClN2OS/c11-8-4-1-2-5-9(8)15-7-3-6-10(14)13-12/h1-2,4-5H,3,6-7,12H2,(H,13,14). The summed E-state index contributed by atoms with van der Waals surface area (Å²) >= 11 is 7.62. The van der Waals surface area contributed by atoms with Gasteiger partial charge >= 0.3 is 0 Å². The summed E-state index contributed by atoms with van der Waals surface area (Å²) in [6, 6.07) is 7.67. The van der Waals surface area contributed by atoms with E-state index in [2.05, 4.69) is 5.43 Å². The van der Waals surface area contributed by atoms with E-state index in [4.69, 9.17) is 17.4 Å². The Labute approximate surface area is 98.3 Å². The smallest absolute Gasteiger partial charge is 0.233 e. The van der Waals surface area contributed by atoms with Crippen molar-refractivity contribution in [2.45, 2.75) is 17.7 Å². The third-order valence-corrected chi connectivity index (χ3v) is 3.40. The van der Waals surface area contributed by atoms with E-state index in [0.717, 1.165) is 22.1 Å². The van der Waals surface area contributed by atoms with E-state index in [-0.39, 0.29) is 5.91 Å². The van der Waals surface area contributed by atoms with Gasteiger partial charge in [-0.2, -0.15) is 0 Å². The minimum atomic E-state index is -0.130. The predicted octanol–water partition coefficient (Wildman–Crippen LogP) is 2.20. The van der Waals surface area contributed by atoms with Crippen LogP contribution in [-0.4, -0.2) is 11.7 Å². The molecule has 0 radical (unpaired) electrons. The first-order valence-corrected chi connectivity index (χ1v) is 5.97. The number of amides is 1. The maximum absolute atomic E-state index is 10.8. The lowest BCUT2D eigenvalue weighted by atomic mass is 10.3. The van der Waals surface area contributed by atoms with Gasteiger partial charge in [0.2, 0.25) is 5.91 Å². The van der Waals surface area contributed by atoms with Crippen LogP contribution in [0, 0.1) is 0 Å². The lowest BCUT2D eigenvalue weighted by molar-refractivity contribution is -0.121. The van der Waals surface area contributed by atoms with Gasteiger partial charge in [-0.3, -0.25) is 10.2 Å². The molecule has 5 heteroatoms. The molecular formula is C10H13ClN2OS. The van der Waals surface area contributed by atoms with Crippen LogP contribution in [0.2, 0.25) is 5.02 Å². The van der Waals surface area contributed by atoms with Crippen molar-refractivity contribution in [1.29, 1.82) is 0 Å². The van der Waals surface area contributed by atoms with Crippen molar-refractivity contribution in [2.75, 3.05) is 5.75 Å². The first-order valence-electron chi connectivity index (χ1n) is 4.61. The zero-order chi connectivity index (χ0) is 11.1. The Morgan fingerprint density at radius 1 is 1.47 bits per heavy atom. The molecule has 15 heavy (non-hydrogen) atoms. The molecule has 1 rings (SSSR count). The second-order valence-electron chi connectivity index (χ2n) is 2.95. The van der Waals surface area contributed by atoms with Gasteiger partial charge in [-0.1, -0.05) is 23.7 Å². The van der Waals surface area contributed by atoms with Crippen LogP contribution in [0.15, 0.2) is 29.2 Å². The molecule has 0 unspecified atom stereocenters. The zero-order valence-corrected chi connectivity index (χ0v) is 9.77. The highest BCUT2D eigenvalue weighted by atomic mass is 35.5. The summed E-state index contributed by atoms with van der Waals surface area (Å²) in [4.78, 5) is 11.9. The van der Waals surface area contributed by atoms with Gasteiger partial charge in [0.1, 0.15) is 0 Å². The monoisotopic (exact) mass is 244 g/mol. The average molecular weight is 245 g/mol. The SMILES string of the molecule is NNC(=O)CCCSc1ccccc1Cl. The molecule has 0 aliphatic rings. The molecule has 0 heterocycles. The molecule has 1 aromatic carbocycles. The highest BCUT2D eigenvalue weighted by Gasteiger charge is 2.01. The average Bonchev–Trinajstić information content (AvgIpc) is 2.26. The largest absolute Gasteiger partial charge is 0.294 e. The molecule has 0 fully saturated rings. The second kappa shape index (κ2) is 6.71. The molecule has 0 aliphatic carbocycles. The number of rotatable bonds is 5. The molecule has 1 amide bonds. The first-order chi connectivity index (χ1) is 7.24. The number of carbonyl (C=O) groups excluding carboxylic acids is 1. The van der Waals surface area contributed by atoms with Crippen molar-refractivity contribution in [2.24, 2.45) is 5.84 Å². The number of hydrogen-bond donors (Lipinski definition) is 2. The predicted molar refractivity (Wildman–Crippen MR) is 63.7 cm³/mol. The fraction of sp³-hybridized carbons (Fsp3) is 0.300. The number of nitrogens with two attached hydrogens (primary N) is 1. The quantitative estimate of drug-likeness (QED) is 0.275. The topological polar surface area (TPSA) is 55.1 Å². The first kappa shape index (κ1) is 12.4. The molecule has 0 aromatic heterocycles. The van der Waals surface area contributed by atoms with E-state index in [0.29, 0.717) is 6.42 Å². The van der Waals surface area contributed by atoms with Crippen molar-refractivity contribution in [1.82, 2.24) is 5.43 Å². The lowest BCUT2D eigenvalue weighted by Crippen LogP contribution is -2.29. The Balaban J connectivity index is 2.26. The summed E-state index contributed by atoms with van der Waals surface area (Å²) in [5.74, 6) is 5.69. The van der Waals surface area contributed by atoms with Gasteiger partial charge in [0.25, 0.3) is 0 Å². The summed E-state index contributed by atoms with van der Waals surface area (Å²) in [5, 5.41) is 0.755. The normalized spacial score (nSPS) is 10.0. The molecule has 0 atom stereocenters. The molecule has 82 valence electrons. The van der Waals surface area contributed by atoms with E-state index in [9.17, 15) is 4.79 Å². The van der Waals surface area contributed by atoms with Crippen LogP contribution >= 0.6 is 23.4 Å². The summed E-state index contributed by atoms with van der Waals surface area (Å²) < 4.78 is 0. The van der Waals surface area contributed by atoms with Crippen LogP contribution in [0.5, 0.6) is 0 Å². The molecule has 0 bridgehead atoms. The van der Waals surface area contributed by atoms with E-state index in [1.54, 1.807) is 11.8 Å². The maximum atomic E-state index is 10.8. The molecule has 0 saturated carbocycles. The second-order valence-corrected chi connectivity index (χ2v) is 4.49. The minimum absolute atomic E-state index is 0.130. The van der Waals surface area contributed by atoms with Crippen LogP contribution < -0.4 is 11.3 Å². The molecule has 0 spiro atoms. The highest BCUT2D eigenvalue weighted by molar-refractivity contribution is 7.99. The van der Waals surface area contributed by atoms with Crippen molar-refractivity contribution in [3.8, 4) is 0 Å². The van der Waals surface area contributed by atoms with Crippen LogP contribution in [0.4, 0.5) is 0 Å². The number of nitrogens with one attached hydrogen (secondary N) is 1. The molecule has 0 saturated heterocycles. The Hall–Kier alpha value is -0.710. The molecule has 0 aliphatic heterocycles. The number of hydrogen-bond acceptors (Lipinski definition) is 3. The molecular weight excluding hydrogens is 232 g/mol. The fourth-order valence-electron chi connectivity index (χ4n) is 1.05. The summed E-state index contributed by atoms with van der Waals surface area (Å²) in [6.45, 7) is 0. The van der Waals surface area contributed by atoms with Gasteiger partial charge in [-0.15, -0.1) is 11.8 Å². The Morgan fingerprint density at radius 2 is 2.20 bits per heavy atom. The van der Waals surface area contributed by atoms with E-state index >= 15 is 0 Å². The fourth-order valence-corrected chi connectivity index (χ4v) is 2.24. The van der Waals surface area contributed by atoms with E-state index < -0.39 is 0 Å². The third-order valence-electron chi connectivity index (χ3n) is 1.80. The summed E-state index contributed by atoms with van der Waals surface area (Å²) in [7, 11) is 0. The van der Waals surface area contributed by atoms with Crippen molar-refractivity contribution < 1.29 is 4.79 Å². The summed E-state index contributed by atoms with van der Waals surface area (Å²) in [6.07, 6.45) is 1.24. The Bertz CT molecular complexity index is 333. The van der Waals surface area contributed by atoms with E-state index in [1.807, 2.05) is 24.3 Å². The van der Waals surface area contributed by atoms with Gasteiger partial charge in [0, 0.05) is 11.3 Å². The number of benzene rings is 1. The number of thioether (sulfide) groups is 1. The van der Waals surface area contributed by atoms with Crippen LogP contribution in [0.3, 0.4) is 0 Å². The van der Waals surface area contributed by atoms with Gasteiger partial charge in [0.05, 0.1) is 5.02 Å². The minimum Gasteiger partial charge on any atom is -0.294 e. The van der Waals surface area contributed by atoms with Gasteiger partial charge < -0.3 is 0 Å². The maximum Gasteiger partial charge on any atom is 0.233 e. The molecule has 1 aromatic rings. The lowest BCUT2D eigenvalue weighted by Gasteiger charge is -2.03. The number of hydrazine groups is 1. The van der Waals surface area contributed by atoms with Crippen molar-refractivity contribution in [3.05, 3.63) is 29.3 Å². The number of halogens is 1. The van der Waals surface area contributed by atoms with Crippen molar-refractivity contribution in [3.63, 3.8) is 0 Å². The van der Waals surface area contributed by atoms with Gasteiger partial charge in [-0.05, 0) is 24.3 Å². The van der Waals surface area contributed by atoms with E-state index in [1.165, 1.54) is 0 Å². The Morgan fingerprint density at radius 3 is 2.87 bits per heavy atom. The summed E-state index contributed by atoms with van der Waals surface area (Å²) in [5.41, 5.74) is 2.10. The van der Waals surface area contributed by atoms with Crippen LogP contribution in [-0.2, 0) is 4.79 Å². The Kier molecular flexibility index (Phi) is 5.53. The number of carbonyl (C=O) groups is 1.